The quantitative estimate of drug-likeness (QED) is 0.822. The first-order valence-electron chi connectivity index (χ1n) is 9.98. The van der Waals surface area contributed by atoms with Crippen LogP contribution in [-0.4, -0.2) is 28.9 Å². The van der Waals surface area contributed by atoms with E-state index in [0.717, 1.165) is 44.0 Å². The topological polar surface area (TPSA) is 45.2 Å². The van der Waals surface area contributed by atoms with E-state index in [1.807, 2.05) is 18.2 Å². The number of likely N-dealkylation sites (tertiary alicyclic amines) is 1. The molecular formula is C22H25F2N3O. The number of rotatable bonds is 6. The van der Waals surface area contributed by atoms with Crippen LogP contribution < -0.4 is 5.32 Å². The van der Waals surface area contributed by atoms with Crippen LogP contribution in [-0.2, 0) is 11.3 Å². The van der Waals surface area contributed by atoms with Gasteiger partial charge in [0.15, 0.2) is 11.6 Å². The second-order valence-electron chi connectivity index (χ2n) is 7.87. The summed E-state index contributed by atoms with van der Waals surface area (Å²) in [6.07, 6.45) is 5.57. The van der Waals surface area contributed by atoms with Crippen molar-refractivity contribution in [1.82, 2.24) is 15.2 Å². The largest absolute Gasteiger partial charge is 0.347 e. The van der Waals surface area contributed by atoms with Crippen LogP contribution in [0.2, 0.25) is 0 Å². The molecule has 1 saturated carbocycles. The predicted octanol–water partition coefficient (Wildman–Crippen LogP) is 3.84. The number of carbonyl (C=O) groups is 1. The average molecular weight is 385 g/mol. The molecule has 1 aromatic heterocycles. The molecule has 0 radical (unpaired) electrons. The molecule has 2 aliphatic rings. The van der Waals surface area contributed by atoms with Crippen molar-refractivity contribution in [1.29, 1.82) is 0 Å². The summed E-state index contributed by atoms with van der Waals surface area (Å²) < 4.78 is 27.6. The molecule has 28 heavy (non-hydrogen) atoms. The molecule has 148 valence electrons. The first-order chi connectivity index (χ1) is 13.6. The Morgan fingerprint density at radius 2 is 2.04 bits per heavy atom. The molecule has 1 N–H and O–H groups in total. The normalized spacial score (nSPS) is 21.3. The number of nitrogens with zero attached hydrogens (tertiary/aromatic N) is 2. The van der Waals surface area contributed by atoms with Gasteiger partial charge in [-0.1, -0.05) is 18.2 Å². The highest BCUT2D eigenvalue weighted by Crippen LogP contribution is 2.33. The van der Waals surface area contributed by atoms with Crippen molar-refractivity contribution in [2.75, 3.05) is 13.1 Å². The molecule has 4 nitrogen and oxygen atoms in total. The minimum atomic E-state index is -0.811. The Bertz CT molecular complexity index is 826. The molecule has 1 saturated heterocycles. The fourth-order valence-electron chi connectivity index (χ4n) is 4.03. The lowest BCUT2D eigenvalue weighted by Gasteiger charge is -2.37. The van der Waals surface area contributed by atoms with Crippen LogP contribution in [0.5, 0.6) is 0 Å². The maximum Gasteiger partial charge on any atom is 0.223 e. The van der Waals surface area contributed by atoms with Gasteiger partial charge in [0.1, 0.15) is 0 Å². The summed E-state index contributed by atoms with van der Waals surface area (Å²) in [4.78, 5) is 19.1. The van der Waals surface area contributed by atoms with E-state index in [9.17, 15) is 13.6 Å². The Balaban J connectivity index is 1.49. The standard InChI is InChI=1S/C22H25F2N3O/c23-18-7-3-5-16(20(18)24)13-27-12-4-6-17(14-27)21(19-8-1-2-11-25-19)26-22(28)15-9-10-15/h1-3,5,7-8,11,15,17,21H,4,6,9-10,12-14H2,(H,26,28)/t17-,21+/m1/s1. The maximum atomic E-state index is 14.1. The second kappa shape index (κ2) is 8.35. The number of benzene rings is 1. The zero-order valence-electron chi connectivity index (χ0n) is 15.8. The smallest absolute Gasteiger partial charge is 0.223 e. The molecule has 0 bridgehead atoms. The Kier molecular flexibility index (Phi) is 5.67. The minimum absolute atomic E-state index is 0.101. The first-order valence-corrected chi connectivity index (χ1v) is 9.98. The fourth-order valence-corrected chi connectivity index (χ4v) is 4.03. The molecule has 1 aliphatic heterocycles. The van der Waals surface area contributed by atoms with Crippen LogP contribution >= 0.6 is 0 Å². The van der Waals surface area contributed by atoms with Gasteiger partial charge >= 0.3 is 0 Å². The average Bonchev–Trinajstić information content (AvgIpc) is 3.56. The number of amides is 1. The second-order valence-corrected chi connectivity index (χ2v) is 7.87. The van der Waals surface area contributed by atoms with E-state index in [0.29, 0.717) is 18.7 Å². The lowest BCUT2D eigenvalue weighted by Crippen LogP contribution is -2.43. The van der Waals surface area contributed by atoms with Gasteiger partial charge in [-0.3, -0.25) is 14.7 Å². The summed E-state index contributed by atoms with van der Waals surface area (Å²) in [5, 5.41) is 3.21. The Hall–Kier alpha value is -2.34. The molecular weight excluding hydrogens is 360 g/mol. The Labute approximate surface area is 164 Å². The van der Waals surface area contributed by atoms with E-state index in [1.54, 1.807) is 18.3 Å². The number of hydrogen-bond acceptors (Lipinski definition) is 3. The Morgan fingerprint density at radius 1 is 1.18 bits per heavy atom. The summed E-state index contributed by atoms with van der Waals surface area (Å²) in [5.74, 6) is -1.17. The van der Waals surface area contributed by atoms with Crippen molar-refractivity contribution in [2.45, 2.75) is 38.3 Å². The molecule has 2 atom stereocenters. The van der Waals surface area contributed by atoms with Gasteiger partial charge in [0.2, 0.25) is 5.91 Å². The van der Waals surface area contributed by atoms with Crippen molar-refractivity contribution < 1.29 is 13.6 Å². The molecule has 2 fully saturated rings. The van der Waals surface area contributed by atoms with Gasteiger partial charge in [-0.15, -0.1) is 0 Å². The molecule has 2 aromatic rings. The molecule has 0 unspecified atom stereocenters. The van der Waals surface area contributed by atoms with E-state index in [2.05, 4.69) is 15.2 Å². The van der Waals surface area contributed by atoms with Crippen LogP contribution in [0.1, 0.15) is 43.0 Å². The van der Waals surface area contributed by atoms with Gasteiger partial charge in [-0.2, -0.15) is 0 Å². The van der Waals surface area contributed by atoms with Gasteiger partial charge < -0.3 is 5.32 Å². The minimum Gasteiger partial charge on any atom is -0.347 e. The molecule has 4 rings (SSSR count). The number of carbonyl (C=O) groups excluding carboxylic acids is 1. The molecule has 1 aromatic carbocycles. The third-order valence-electron chi connectivity index (χ3n) is 5.69. The fraction of sp³-hybridized carbons (Fsp3) is 0.455. The molecule has 1 aliphatic carbocycles. The first kappa shape index (κ1) is 19.0. The zero-order valence-corrected chi connectivity index (χ0v) is 15.8. The lowest BCUT2D eigenvalue weighted by molar-refractivity contribution is -0.123. The lowest BCUT2D eigenvalue weighted by atomic mass is 9.88. The number of piperidine rings is 1. The van der Waals surface area contributed by atoms with Crippen LogP contribution in [0.3, 0.4) is 0 Å². The van der Waals surface area contributed by atoms with E-state index in [4.69, 9.17) is 0 Å². The SMILES string of the molecule is O=C(N[C@H](c1ccccn1)[C@@H]1CCCN(Cc2cccc(F)c2F)C1)C1CC1. The monoisotopic (exact) mass is 385 g/mol. The summed E-state index contributed by atoms with van der Waals surface area (Å²) in [6, 6.07) is 9.90. The van der Waals surface area contributed by atoms with E-state index >= 15 is 0 Å². The highest BCUT2D eigenvalue weighted by atomic mass is 19.2. The number of pyridine rings is 1. The van der Waals surface area contributed by atoms with Crippen LogP contribution in [0.15, 0.2) is 42.6 Å². The van der Waals surface area contributed by atoms with E-state index < -0.39 is 11.6 Å². The number of nitrogens with one attached hydrogen (secondary N) is 1. The Morgan fingerprint density at radius 3 is 2.79 bits per heavy atom. The number of hydrogen-bond donors (Lipinski definition) is 1. The zero-order chi connectivity index (χ0) is 19.5. The molecule has 6 heteroatoms. The third kappa shape index (κ3) is 4.38. The van der Waals surface area contributed by atoms with Gasteiger partial charge in [-0.05, 0) is 56.3 Å². The molecule has 2 heterocycles. The predicted molar refractivity (Wildman–Crippen MR) is 102 cm³/mol. The third-order valence-corrected chi connectivity index (χ3v) is 5.69. The highest BCUT2D eigenvalue weighted by molar-refractivity contribution is 5.81. The summed E-state index contributed by atoms with van der Waals surface area (Å²) in [5.41, 5.74) is 1.23. The van der Waals surface area contributed by atoms with E-state index in [1.165, 1.54) is 0 Å². The van der Waals surface area contributed by atoms with Crippen LogP contribution in [0.25, 0.3) is 0 Å². The van der Waals surface area contributed by atoms with Crippen molar-refractivity contribution in [3.63, 3.8) is 0 Å². The van der Waals surface area contributed by atoms with Gasteiger partial charge in [0.25, 0.3) is 0 Å². The number of aromatic nitrogens is 1. The van der Waals surface area contributed by atoms with Crippen LogP contribution in [0.4, 0.5) is 8.78 Å². The number of halogens is 2. The van der Waals surface area contributed by atoms with Crippen molar-refractivity contribution in [3.05, 3.63) is 65.5 Å². The molecule has 0 spiro atoms. The van der Waals surface area contributed by atoms with Crippen LogP contribution in [0, 0.1) is 23.5 Å². The molecule has 1 amide bonds. The van der Waals surface area contributed by atoms with Gasteiger partial charge in [0, 0.05) is 30.8 Å². The summed E-state index contributed by atoms with van der Waals surface area (Å²) >= 11 is 0. The van der Waals surface area contributed by atoms with E-state index in [-0.39, 0.29) is 23.8 Å². The van der Waals surface area contributed by atoms with Gasteiger partial charge in [0.05, 0.1) is 11.7 Å². The van der Waals surface area contributed by atoms with Crippen molar-refractivity contribution >= 4 is 5.91 Å². The van der Waals surface area contributed by atoms with Crippen molar-refractivity contribution in [3.8, 4) is 0 Å². The van der Waals surface area contributed by atoms with Gasteiger partial charge in [-0.25, -0.2) is 8.78 Å². The van der Waals surface area contributed by atoms with Crippen molar-refractivity contribution in [2.24, 2.45) is 11.8 Å². The summed E-state index contributed by atoms with van der Waals surface area (Å²) in [7, 11) is 0. The highest BCUT2D eigenvalue weighted by Gasteiger charge is 2.35. The summed E-state index contributed by atoms with van der Waals surface area (Å²) in [6.45, 7) is 1.91. The maximum absolute atomic E-state index is 14.1.